The molecule has 2 aromatic carbocycles. The van der Waals surface area contributed by atoms with Crippen LogP contribution in [0.3, 0.4) is 0 Å². The lowest BCUT2D eigenvalue weighted by molar-refractivity contribution is -0.119. The van der Waals surface area contributed by atoms with E-state index < -0.39 is 0 Å². The highest BCUT2D eigenvalue weighted by Crippen LogP contribution is 2.19. The van der Waals surface area contributed by atoms with Gasteiger partial charge in [-0.2, -0.15) is 0 Å². The van der Waals surface area contributed by atoms with Gasteiger partial charge < -0.3 is 5.32 Å². The van der Waals surface area contributed by atoms with Crippen molar-refractivity contribution < 1.29 is 4.79 Å². The fraction of sp³-hybridized carbons (Fsp3) is 0.167. The van der Waals surface area contributed by atoms with E-state index in [4.69, 9.17) is 11.6 Å². The van der Waals surface area contributed by atoms with Gasteiger partial charge >= 0.3 is 0 Å². The summed E-state index contributed by atoms with van der Waals surface area (Å²) in [5.41, 5.74) is 1.97. The highest BCUT2D eigenvalue weighted by Gasteiger charge is 2.12. The molecule has 0 aliphatic carbocycles. The summed E-state index contributed by atoms with van der Waals surface area (Å²) >= 11 is 7.18. The van der Waals surface area contributed by atoms with E-state index in [1.165, 1.54) is 11.8 Å². The van der Waals surface area contributed by atoms with Crippen LogP contribution >= 0.6 is 23.4 Å². The number of H-pyrrole nitrogens is 1. The fourth-order valence-electron chi connectivity index (χ4n) is 2.28. The smallest absolute Gasteiger partial charge is 0.230 e. The van der Waals surface area contributed by atoms with Crippen LogP contribution in [0.4, 0.5) is 0 Å². The number of nitrogens with one attached hydrogen (secondary N) is 2. The molecule has 1 heterocycles. The highest BCUT2D eigenvalue weighted by molar-refractivity contribution is 7.99. The Bertz CT molecular complexity index is 836. The molecule has 1 aromatic heterocycles. The van der Waals surface area contributed by atoms with E-state index >= 15 is 0 Å². The van der Waals surface area contributed by atoms with Crippen molar-refractivity contribution in [3.63, 3.8) is 0 Å². The van der Waals surface area contributed by atoms with Gasteiger partial charge in [-0.15, -0.1) is 5.10 Å². The third-order valence-corrected chi connectivity index (χ3v) is 4.69. The quantitative estimate of drug-likeness (QED) is 0.639. The van der Waals surface area contributed by atoms with Crippen molar-refractivity contribution in [3.8, 4) is 11.4 Å². The van der Waals surface area contributed by atoms with Gasteiger partial charge in [0.15, 0.2) is 5.82 Å². The minimum Gasteiger partial charge on any atom is -0.349 e. The van der Waals surface area contributed by atoms with Gasteiger partial charge in [0, 0.05) is 10.6 Å². The van der Waals surface area contributed by atoms with Gasteiger partial charge in [0.05, 0.1) is 11.8 Å². The summed E-state index contributed by atoms with van der Waals surface area (Å²) in [5, 5.41) is 11.2. The molecule has 5 nitrogen and oxygen atoms in total. The molecule has 0 saturated heterocycles. The van der Waals surface area contributed by atoms with Crippen LogP contribution in [0.15, 0.2) is 59.8 Å². The van der Waals surface area contributed by atoms with E-state index in [0.717, 1.165) is 11.1 Å². The summed E-state index contributed by atoms with van der Waals surface area (Å²) in [4.78, 5) is 16.5. The summed E-state index contributed by atoms with van der Waals surface area (Å²) in [6.07, 6.45) is 0. The second-order valence-corrected chi connectivity index (χ2v) is 6.84. The lowest BCUT2D eigenvalue weighted by atomic mass is 10.1. The number of carbonyl (C=O) groups excluding carboxylic acids is 1. The number of thioether (sulfide) groups is 1. The van der Waals surface area contributed by atoms with Gasteiger partial charge in [-0.1, -0.05) is 65.8 Å². The number of carbonyl (C=O) groups is 1. The number of halogens is 1. The molecule has 3 aromatic rings. The molecule has 25 heavy (non-hydrogen) atoms. The molecular weight excluding hydrogens is 356 g/mol. The second kappa shape index (κ2) is 8.18. The van der Waals surface area contributed by atoms with Crippen LogP contribution in [-0.4, -0.2) is 26.8 Å². The number of nitrogens with zero attached hydrogens (tertiary/aromatic N) is 2. The highest BCUT2D eigenvalue weighted by atomic mass is 35.5. The van der Waals surface area contributed by atoms with Gasteiger partial charge in [-0.25, -0.2) is 4.98 Å². The monoisotopic (exact) mass is 372 g/mol. The Morgan fingerprint density at radius 3 is 2.64 bits per heavy atom. The summed E-state index contributed by atoms with van der Waals surface area (Å²) in [7, 11) is 0. The third kappa shape index (κ3) is 4.84. The molecule has 0 bridgehead atoms. The Morgan fingerprint density at radius 2 is 1.92 bits per heavy atom. The Balaban J connectivity index is 1.52. The Morgan fingerprint density at radius 1 is 1.20 bits per heavy atom. The molecule has 0 spiro atoms. The van der Waals surface area contributed by atoms with Crippen molar-refractivity contribution in [3.05, 3.63) is 65.2 Å². The summed E-state index contributed by atoms with van der Waals surface area (Å²) in [6, 6.07) is 17.1. The van der Waals surface area contributed by atoms with Crippen LogP contribution in [-0.2, 0) is 4.79 Å². The van der Waals surface area contributed by atoms with Crippen molar-refractivity contribution in [1.29, 1.82) is 0 Å². The van der Waals surface area contributed by atoms with Crippen molar-refractivity contribution in [2.75, 3.05) is 5.75 Å². The average Bonchev–Trinajstić information content (AvgIpc) is 3.10. The van der Waals surface area contributed by atoms with Crippen LogP contribution in [0, 0.1) is 0 Å². The molecule has 1 amide bonds. The van der Waals surface area contributed by atoms with Gasteiger partial charge in [-0.05, 0) is 24.6 Å². The maximum absolute atomic E-state index is 12.1. The Kier molecular flexibility index (Phi) is 5.73. The lowest BCUT2D eigenvalue weighted by Gasteiger charge is -2.13. The first-order valence-corrected chi connectivity index (χ1v) is 9.13. The van der Waals surface area contributed by atoms with Crippen molar-refractivity contribution >= 4 is 29.3 Å². The van der Waals surface area contributed by atoms with Crippen molar-refractivity contribution in [2.24, 2.45) is 0 Å². The lowest BCUT2D eigenvalue weighted by Crippen LogP contribution is -2.28. The summed E-state index contributed by atoms with van der Waals surface area (Å²) in [5.74, 6) is 0.876. The molecule has 0 aliphatic rings. The first kappa shape index (κ1) is 17.5. The molecule has 2 N–H and O–H groups in total. The van der Waals surface area contributed by atoms with Crippen LogP contribution < -0.4 is 5.32 Å². The zero-order valence-electron chi connectivity index (χ0n) is 13.6. The van der Waals surface area contributed by atoms with Gasteiger partial charge in [0.1, 0.15) is 0 Å². The molecular formula is C18H17ClN4OS. The number of aromatic nitrogens is 3. The minimum atomic E-state index is -0.0858. The molecule has 0 unspecified atom stereocenters. The van der Waals surface area contributed by atoms with E-state index in [2.05, 4.69) is 20.5 Å². The van der Waals surface area contributed by atoms with E-state index in [1.807, 2.05) is 61.5 Å². The molecule has 3 rings (SSSR count). The first-order valence-electron chi connectivity index (χ1n) is 7.77. The molecule has 0 fully saturated rings. The number of hydrogen-bond acceptors (Lipinski definition) is 4. The molecule has 0 saturated carbocycles. The number of amides is 1. The van der Waals surface area contributed by atoms with E-state index in [0.29, 0.717) is 16.0 Å². The molecule has 0 aliphatic heterocycles. The van der Waals surface area contributed by atoms with Crippen LogP contribution in [0.1, 0.15) is 18.5 Å². The molecule has 0 radical (unpaired) electrons. The Labute approximate surface area is 155 Å². The standard InChI is InChI=1S/C18H17ClN4OS/c1-12(13-7-9-15(19)10-8-13)20-16(24)11-25-18-21-17(22-23-18)14-5-3-2-4-6-14/h2-10,12H,11H2,1H3,(H,20,24)(H,21,22,23)/t12-/m1/s1. The molecule has 1 atom stereocenters. The van der Waals surface area contributed by atoms with Crippen LogP contribution in [0.5, 0.6) is 0 Å². The second-order valence-electron chi connectivity index (χ2n) is 5.46. The summed E-state index contributed by atoms with van der Waals surface area (Å²) in [6.45, 7) is 1.94. The van der Waals surface area contributed by atoms with E-state index in [-0.39, 0.29) is 17.7 Å². The topological polar surface area (TPSA) is 70.7 Å². The van der Waals surface area contributed by atoms with Gasteiger partial charge in [0.25, 0.3) is 0 Å². The van der Waals surface area contributed by atoms with E-state index in [9.17, 15) is 4.79 Å². The summed E-state index contributed by atoms with van der Waals surface area (Å²) < 4.78 is 0. The number of aromatic amines is 1. The zero-order valence-corrected chi connectivity index (χ0v) is 15.1. The third-order valence-electron chi connectivity index (χ3n) is 3.59. The largest absolute Gasteiger partial charge is 0.349 e. The van der Waals surface area contributed by atoms with Crippen molar-refractivity contribution in [1.82, 2.24) is 20.5 Å². The number of benzene rings is 2. The van der Waals surface area contributed by atoms with Crippen molar-refractivity contribution in [2.45, 2.75) is 18.1 Å². The van der Waals surface area contributed by atoms with Crippen LogP contribution in [0.2, 0.25) is 5.02 Å². The average molecular weight is 373 g/mol. The first-order chi connectivity index (χ1) is 12.1. The molecule has 128 valence electrons. The predicted octanol–water partition coefficient (Wildman–Crippen LogP) is 4.09. The zero-order chi connectivity index (χ0) is 17.6. The minimum absolute atomic E-state index is 0.0708. The SMILES string of the molecule is C[C@@H](NC(=O)CSc1n[nH]c(-c2ccccc2)n1)c1ccc(Cl)cc1. The van der Waals surface area contributed by atoms with E-state index in [1.54, 1.807) is 0 Å². The Hall–Kier alpha value is -2.31. The number of hydrogen-bond donors (Lipinski definition) is 2. The predicted molar refractivity (Wildman–Crippen MR) is 101 cm³/mol. The fourth-order valence-corrected chi connectivity index (χ4v) is 3.02. The molecule has 7 heteroatoms. The van der Waals surface area contributed by atoms with Crippen LogP contribution in [0.25, 0.3) is 11.4 Å². The number of rotatable bonds is 6. The maximum Gasteiger partial charge on any atom is 0.230 e. The van der Waals surface area contributed by atoms with Gasteiger partial charge in [0.2, 0.25) is 11.1 Å². The normalized spacial score (nSPS) is 11.9. The van der Waals surface area contributed by atoms with Gasteiger partial charge in [-0.3, -0.25) is 9.89 Å². The maximum atomic E-state index is 12.1.